The summed E-state index contributed by atoms with van der Waals surface area (Å²) in [5.74, 6) is -1.07. The fraction of sp³-hybridized carbons (Fsp3) is 0.417. The van der Waals surface area contributed by atoms with E-state index in [9.17, 15) is 17.6 Å². The number of nitrogens with one attached hydrogen (secondary N) is 1. The number of primary sulfonamides is 1. The lowest BCUT2D eigenvalue weighted by molar-refractivity contribution is 0.0948. The van der Waals surface area contributed by atoms with E-state index in [0.29, 0.717) is 6.54 Å². The highest BCUT2D eigenvalue weighted by atomic mass is 32.2. The smallest absolute Gasteiger partial charge is 0.251 e. The summed E-state index contributed by atoms with van der Waals surface area (Å²) in [7, 11) is -4.06. The third-order valence-corrected chi connectivity index (χ3v) is 3.57. The lowest BCUT2D eigenvalue weighted by Crippen LogP contribution is -2.28. The molecule has 0 aliphatic carbocycles. The van der Waals surface area contributed by atoms with E-state index in [4.69, 9.17) is 5.14 Å². The number of sulfonamides is 1. The summed E-state index contributed by atoms with van der Waals surface area (Å²) in [4.78, 5) is 11.4. The van der Waals surface area contributed by atoms with Crippen LogP contribution in [0.3, 0.4) is 0 Å². The third-order valence-electron chi connectivity index (χ3n) is 2.54. The molecule has 7 heteroatoms. The van der Waals surface area contributed by atoms with E-state index in [1.807, 2.05) is 13.8 Å². The fourth-order valence-corrected chi connectivity index (χ4v) is 2.29. The Hall–Kier alpha value is -1.47. The van der Waals surface area contributed by atoms with Crippen molar-refractivity contribution in [2.24, 2.45) is 11.1 Å². The maximum Gasteiger partial charge on any atom is 0.251 e. The van der Waals surface area contributed by atoms with Gasteiger partial charge in [0.1, 0.15) is 5.82 Å². The van der Waals surface area contributed by atoms with Gasteiger partial charge >= 0.3 is 0 Å². The van der Waals surface area contributed by atoms with Crippen molar-refractivity contribution in [3.8, 4) is 0 Å². The van der Waals surface area contributed by atoms with Gasteiger partial charge in [0.25, 0.3) is 5.91 Å². The average Bonchev–Trinajstić information content (AvgIpc) is 2.27. The second kappa shape index (κ2) is 5.66. The minimum absolute atomic E-state index is 0.0622. The van der Waals surface area contributed by atoms with E-state index in [-0.39, 0.29) is 21.9 Å². The number of carbonyl (C=O) groups excluding carboxylic acids is 1. The molecule has 0 fully saturated rings. The number of amides is 1. The van der Waals surface area contributed by atoms with Gasteiger partial charge in [-0.3, -0.25) is 4.79 Å². The second-order valence-corrected chi connectivity index (χ2v) is 6.26. The molecular weight excluding hydrogens is 271 g/mol. The van der Waals surface area contributed by atoms with E-state index in [0.717, 1.165) is 12.1 Å². The zero-order chi connectivity index (χ0) is 14.8. The molecule has 19 heavy (non-hydrogen) atoms. The standard InChI is InChI=1S/C12H17FN2O3S/c1-7(2)6-15-12(16)9-4-10(13)8(3)11(5-9)19(14,17)18/h4-5,7H,6H2,1-3H3,(H,15,16)(H2,14,17,18). The van der Waals surface area contributed by atoms with Gasteiger partial charge in [-0.25, -0.2) is 17.9 Å². The molecule has 0 saturated carbocycles. The predicted molar refractivity (Wildman–Crippen MR) is 69.7 cm³/mol. The maximum absolute atomic E-state index is 13.6. The van der Waals surface area contributed by atoms with Crippen molar-refractivity contribution in [3.63, 3.8) is 0 Å². The molecule has 0 saturated heterocycles. The van der Waals surface area contributed by atoms with E-state index < -0.39 is 21.7 Å². The number of halogens is 1. The largest absolute Gasteiger partial charge is 0.352 e. The average molecular weight is 288 g/mol. The molecule has 0 bridgehead atoms. The minimum Gasteiger partial charge on any atom is -0.352 e. The highest BCUT2D eigenvalue weighted by Gasteiger charge is 2.19. The highest BCUT2D eigenvalue weighted by molar-refractivity contribution is 7.89. The molecule has 0 radical (unpaired) electrons. The number of benzene rings is 1. The summed E-state index contributed by atoms with van der Waals surface area (Å²) in [5.41, 5.74) is -0.157. The van der Waals surface area contributed by atoms with Gasteiger partial charge in [0.05, 0.1) is 4.90 Å². The summed E-state index contributed by atoms with van der Waals surface area (Å²) in [6, 6.07) is 2.09. The summed E-state index contributed by atoms with van der Waals surface area (Å²) in [6.45, 7) is 5.53. The first-order valence-corrected chi connectivity index (χ1v) is 7.28. The Bertz CT molecular complexity index is 597. The molecule has 1 aromatic rings. The first-order chi connectivity index (χ1) is 8.62. The Morgan fingerprint density at radius 2 is 2.00 bits per heavy atom. The molecular formula is C12H17FN2O3S. The van der Waals surface area contributed by atoms with Crippen molar-refractivity contribution in [2.75, 3.05) is 6.54 Å². The summed E-state index contributed by atoms with van der Waals surface area (Å²) < 4.78 is 36.3. The van der Waals surface area contributed by atoms with Crippen LogP contribution in [0.15, 0.2) is 17.0 Å². The van der Waals surface area contributed by atoms with Gasteiger partial charge in [0, 0.05) is 17.7 Å². The van der Waals surface area contributed by atoms with Crippen molar-refractivity contribution in [1.82, 2.24) is 5.32 Å². The zero-order valence-electron chi connectivity index (χ0n) is 11.0. The van der Waals surface area contributed by atoms with Gasteiger partial charge in [-0.05, 0) is 25.0 Å². The normalized spacial score (nSPS) is 11.7. The molecule has 0 spiro atoms. The van der Waals surface area contributed by atoms with Crippen LogP contribution in [0.2, 0.25) is 0 Å². The van der Waals surface area contributed by atoms with Crippen molar-refractivity contribution in [2.45, 2.75) is 25.7 Å². The van der Waals surface area contributed by atoms with Crippen LogP contribution in [0.25, 0.3) is 0 Å². The summed E-state index contributed by atoms with van der Waals surface area (Å²) in [5, 5.41) is 7.57. The van der Waals surface area contributed by atoms with Crippen LogP contribution >= 0.6 is 0 Å². The predicted octanol–water partition coefficient (Wildman–Crippen LogP) is 1.17. The van der Waals surface area contributed by atoms with Gasteiger partial charge in [-0.2, -0.15) is 0 Å². The number of hydrogen-bond donors (Lipinski definition) is 2. The van der Waals surface area contributed by atoms with E-state index in [1.165, 1.54) is 6.92 Å². The van der Waals surface area contributed by atoms with Gasteiger partial charge < -0.3 is 5.32 Å². The minimum atomic E-state index is -4.06. The van der Waals surface area contributed by atoms with Crippen LogP contribution in [-0.2, 0) is 10.0 Å². The Kier molecular flexibility index (Phi) is 4.65. The van der Waals surface area contributed by atoms with Gasteiger partial charge in [-0.1, -0.05) is 13.8 Å². The van der Waals surface area contributed by atoms with Crippen molar-refractivity contribution < 1.29 is 17.6 Å². The Morgan fingerprint density at radius 1 is 1.42 bits per heavy atom. The van der Waals surface area contributed by atoms with Crippen LogP contribution in [0.4, 0.5) is 4.39 Å². The third kappa shape index (κ3) is 4.00. The molecule has 0 heterocycles. The fourth-order valence-electron chi connectivity index (χ4n) is 1.48. The summed E-state index contributed by atoms with van der Waals surface area (Å²) >= 11 is 0. The first kappa shape index (κ1) is 15.6. The number of hydrogen-bond acceptors (Lipinski definition) is 3. The van der Waals surface area contributed by atoms with Crippen LogP contribution in [-0.4, -0.2) is 20.9 Å². The van der Waals surface area contributed by atoms with Crippen LogP contribution in [0.5, 0.6) is 0 Å². The first-order valence-electron chi connectivity index (χ1n) is 5.74. The SMILES string of the molecule is Cc1c(F)cc(C(=O)NCC(C)C)cc1S(N)(=O)=O. The maximum atomic E-state index is 13.6. The molecule has 0 unspecified atom stereocenters. The molecule has 106 valence electrons. The van der Waals surface area contributed by atoms with E-state index >= 15 is 0 Å². The molecule has 3 N–H and O–H groups in total. The molecule has 1 amide bonds. The van der Waals surface area contributed by atoms with Crippen LogP contribution in [0.1, 0.15) is 29.8 Å². The van der Waals surface area contributed by atoms with Crippen molar-refractivity contribution in [1.29, 1.82) is 0 Å². The number of carbonyl (C=O) groups is 1. The zero-order valence-corrected chi connectivity index (χ0v) is 11.8. The Morgan fingerprint density at radius 3 is 2.47 bits per heavy atom. The van der Waals surface area contributed by atoms with Crippen molar-refractivity contribution in [3.05, 3.63) is 29.1 Å². The second-order valence-electron chi connectivity index (χ2n) is 4.73. The topological polar surface area (TPSA) is 89.3 Å². The monoisotopic (exact) mass is 288 g/mol. The van der Waals surface area contributed by atoms with Crippen molar-refractivity contribution >= 4 is 15.9 Å². The summed E-state index contributed by atoms with van der Waals surface area (Å²) in [6.07, 6.45) is 0. The molecule has 0 aromatic heterocycles. The molecule has 5 nitrogen and oxygen atoms in total. The Labute approximate surface area is 112 Å². The molecule has 1 rings (SSSR count). The molecule has 0 atom stereocenters. The van der Waals surface area contributed by atoms with Gasteiger partial charge in [0.15, 0.2) is 0 Å². The molecule has 1 aromatic carbocycles. The molecule has 0 aliphatic rings. The van der Waals surface area contributed by atoms with E-state index in [1.54, 1.807) is 0 Å². The number of nitrogens with two attached hydrogens (primary N) is 1. The lowest BCUT2D eigenvalue weighted by atomic mass is 10.1. The quantitative estimate of drug-likeness (QED) is 0.871. The van der Waals surface area contributed by atoms with Gasteiger partial charge in [0.2, 0.25) is 10.0 Å². The van der Waals surface area contributed by atoms with E-state index in [2.05, 4.69) is 5.32 Å². The van der Waals surface area contributed by atoms with Crippen LogP contribution in [0, 0.1) is 18.7 Å². The Balaban J connectivity index is 3.18. The highest BCUT2D eigenvalue weighted by Crippen LogP contribution is 2.19. The van der Waals surface area contributed by atoms with Gasteiger partial charge in [-0.15, -0.1) is 0 Å². The lowest BCUT2D eigenvalue weighted by Gasteiger charge is -2.10. The van der Waals surface area contributed by atoms with Crippen LogP contribution < -0.4 is 10.5 Å². The molecule has 0 aliphatic heterocycles. The number of rotatable bonds is 4.